The molecule has 0 spiro atoms. The molecule has 7 heteroatoms. The molecule has 1 aliphatic heterocycles. The van der Waals surface area contributed by atoms with Crippen LogP contribution in [-0.4, -0.2) is 40.2 Å². The predicted octanol–water partition coefficient (Wildman–Crippen LogP) is 4.81. The molecular weight excluding hydrogens is 400 g/mol. The van der Waals surface area contributed by atoms with Gasteiger partial charge in [-0.2, -0.15) is 5.10 Å². The maximum atomic E-state index is 13.1. The second-order valence-electron chi connectivity index (χ2n) is 7.97. The molecule has 0 saturated carbocycles. The van der Waals surface area contributed by atoms with E-state index in [0.717, 1.165) is 30.2 Å². The molecule has 158 valence electrons. The fourth-order valence-electron chi connectivity index (χ4n) is 4.13. The summed E-state index contributed by atoms with van der Waals surface area (Å²) in [4.78, 5) is 15.5. The van der Waals surface area contributed by atoms with Gasteiger partial charge in [-0.15, -0.1) is 0 Å². The topological polar surface area (TPSA) is 63.3 Å². The molecule has 1 atom stereocenters. The van der Waals surface area contributed by atoms with Gasteiger partial charge in [-0.05, 0) is 62.2 Å². The third-order valence-electron chi connectivity index (χ3n) is 5.56. The molecule has 30 heavy (non-hydrogen) atoms. The molecule has 1 unspecified atom stereocenters. The van der Waals surface area contributed by atoms with Crippen molar-refractivity contribution >= 4 is 17.5 Å². The first-order valence-corrected chi connectivity index (χ1v) is 10.8. The van der Waals surface area contributed by atoms with E-state index < -0.39 is 0 Å². The highest BCUT2D eigenvalue weighted by molar-refractivity contribution is 6.30. The Morgan fingerprint density at radius 1 is 1.23 bits per heavy atom. The SMILES string of the molecule is CC(C)c1c(C(=O)NCC(c2ccco2)N2CCCC2)cnn1-c1cccc(Cl)c1. The Kier molecular flexibility index (Phi) is 6.25. The molecule has 1 fully saturated rings. The normalized spacial score (nSPS) is 15.6. The molecular formula is C23H27ClN4O2. The zero-order valence-electron chi connectivity index (χ0n) is 17.3. The fraction of sp³-hybridized carbons (Fsp3) is 0.391. The van der Waals surface area contributed by atoms with Gasteiger partial charge >= 0.3 is 0 Å². The van der Waals surface area contributed by atoms with E-state index in [4.69, 9.17) is 16.0 Å². The summed E-state index contributed by atoms with van der Waals surface area (Å²) in [5, 5.41) is 8.24. The van der Waals surface area contributed by atoms with E-state index in [9.17, 15) is 4.79 Å². The molecule has 1 aliphatic rings. The average molecular weight is 427 g/mol. The van der Waals surface area contributed by atoms with Crippen molar-refractivity contribution in [2.75, 3.05) is 19.6 Å². The van der Waals surface area contributed by atoms with Crippen molar-refractivity contribution in [2.24, 2.45) is 0 Å². The van der Waals surface area contributed by atoms with E-state index in [1.807, 2.05) is 36.4 Å². The highest BCUT2D eigenvalue weighted by Crippen LogP contribution is 2.27. The number of rotatable bonds is 7. The number of hydrogen-bond donors (Lipinski definition) is 1. The van der Waals surface area contributed by atoms with Gasteiger partial charge in [-0.25, -0.2) is 4.68 Å². The van der Waals surface area contributed by atoms with Crippen LogP contribution in [0.2, 0.25) is 5.02 Å². The third-order valence-corrected chi connectivity index (χ3v) is 5.79. The summed E-state index contributed by atoms with van der Waals surface area (Å²) in [6.07, 6.45) is 5.68. The first-order chi connectivity index (χ1) is 14.5. The molecule has 0 bridgehead atoms. The fourth-order valence-corrected chi connectivity index (χ4v) is 4.31. The monoisotopic (exact) mass is 426 g/mol. The number of likely N-dealkylation sites (tertiary alicyclic amines) is 1. The Balaban J connectivity index is 1.56. The minimum Gasteiger partial charge on any atom is -0.468 e. The van der Waals surface area contributed by atoms with E-state index in [2.05, 4.69) is 29.2 Å². The zero-order valence-corrected chi connectivity index (χ0v) is 18.1. The van der Waals surface area contributed by atoms with Crippen LogP contribution >= 0.6 is 11.6 Å². The number of nitrogens with zero attached hydrogens (tertiary/aromatic N) is 3. The summed E-state index contributed by atoms with van der Waals surface area (Å²) < 4.78 is 7.46. The molecule has 0 radical (unpaired) electrons. The van der Waals surface area contributed by atoms with E-state index in [1.165, 1.54) is 12.8 Å². The van der Waals surface area contributed by atoms with Crippen molar-refractivity contribution < 1.29 is 9.21 Å². The summed E-state index contributed by atoms with van der Waals surface area (Å²) in [5.74, 6) is 0.880. The number of hydrogen-bond acceptors (Lipinski definition) is 4. The Labute approximate surface area is 181 Å². The summed E-state index contributed by atoms with van der Waals surface area (Å²) in [5.41, 5.74) is 2.30. The number of carbonyl (C=O) groups is 1. The molecule has 2 aromatic heterocycles. The molecule has 1 saturated heterocycles. The predicted molar refractivity (Wildman–Crippen MR) is 117 cm³/mol. The van der Waals surface area contributed by atoms with Gasteiger partial charge in [0.2, 0.25) is 0 Å². The smallest absolute Gasteiger partial charge is 0.254 e. The maximum absolute atomic E-state index is 13.1. The van der Waals surface area contributed by atoms with Crippen molar-refractivity contribution in [3.05, 3.63) is 70.9 Å². The zero-order chi connectivity index (χ0) is 21.1. The van der Waals surface area contributed by atoms with E-state index in [0.29, 0.717) is 17.1 Å². The first kappa shape index (κ1) is 20.7. The van der Waals surface area contributed by atoms with Crippen molar-refractivity contribution in [3.8, 4) is 5.69 Å². The quantitative estimate of drug-likeness (QED) is 0.588. The van der Waals surface area contributed by atoms with Crippen LogP contribution in [0.5, 0.6) is 0 Å². The lowest BCUT2D eigenvalue weighted by Gasteiger charge is -2.26. The third kappa shape index (κ3) is 4.30. The number of halogens is 1. The minimum absolute atomic E-state index is 0.0388. The summed E-state index contributed by atoms with van der Waals surface area (Å²) >= 11 is 6.16. The molecule has 3 heterocycles. The molecule has 1 N–H and O–H groups in total. The van der Waals surface area contributed by atoms with Crippen LogP contribution in [0.25, 0.3) is 5.69 Å². The number of benzene rings is 1. The maximum Gasteiger partial charge on any atom is 0.254 e. The summed E-state index contributed by atoms with van der Waals surface area (Å²) in [6.45, 7) is 6.65. The van der Waals surface area contributed by atoms with Crippen molar-refractivity contribution in [1.82, 2.24) is 20.0 Å². The molecule has 6 nitrogen and oxygen atoms in total. The van der Waals surface area contributed by atoms with Gasteiger partial charge in [0, 0.05) is 11.6 Å². The summed E-state index contributed by atoms with van der Waals surface area (Å²) in [7, 11) is 0. The lowest BCUT2D eigenvalue weighted by atomic mass is 10.0. The van der Waals surface area contributed by atoms with Crippen LogP contribution < -0.4 is 5.32 Å². The lowest BCUT2D eigenvalue weighted by Crippen LogP contribution is -2.36. The molecule has 0 aliphatic carbocycles. The second kappa shape index (κ2) is 9.06. The Hall–Kier alpha value is -2.57. The summed E-state index contributed by atoms with van der Waals surface area (Å²) in [6, 6.07) is 11.4. The number of furan rings is 1. The van der Waals surface area contributed by atoms with Gasteiger partial charge in [0.15, 0.2) is 0 Å². The number of aromatic nitrogens is 2. The van der Waals surface area contributed by atoms with Crippen molar-refractivity contribution in [1.29, 1.82) is 0 Å². The van der Waals surface area contributed by atoms with E-state index in [-0.39, 0.29) is 17.9 Å². The number of carbonyl (C=O) groups excluding carboxylic acids is 1. The molecule has 4 rings (SSSR count). The lowest BCUT2D eigenvalue weighted by molar-refractivity contribution is 0.0932. The molecule has 3 aromatic rings. The highest BCUT2D eigenvalue weighted by atomic mass is 35.5. The molecule has 1 amide bonds. The van der Waals surface area contributed by atoms with Gasteiger partial charge in [-0.3, -0.25) is 9.69 Å². The van der Waals surface area contributed by atoms with Gasteiger partial charge in [0.05, 0.1) is 35.4 Å². The Morgan fingerprint density at radius 2 is 2.03 bits per heavy atom. The minimum atomic E-state index is -0.122. The van der Waals surface area contributed by atoms with Crippen molar-refractivity contribution in [2.45, 2.75) is 38.6 Å². The van der Waals surface area contributed by atoms with Crippen LogP contribution in [0, 0.1) is 0 Å². The second-order valence-corrected chi connectivity index (χ2v) is 8.41. The van der Waals surface area contributed by atoms with Crippen LogP contribution in [0.15, 0.2) is 53.3 Å². The largest absolute Gasteiger partial charge is 0.468 e. The highest BCUT2D eigenvalue weighted by Gasteiger charge is 2.27. The van der Waals surface area contributed by atoms with Gasteiger partial charge in [0.1, 0.15) is 5.76 Å². The Morgan fingerprint density at radius 3 is 2.70 bits per heavy atom. The van der Waals surface area contributed by atoms with Crippen LogP contribution in [0.3, 0.4) is 0 Å². The number of nitrogens with one attached hydrogen (secondary N) is 1. The van der Waals surface area contributed by atoms with Gasteiger partial charge < -0.3 is 9.73 Å². The van der Waals surface area contributed by atoms with Crippen LogP contribution in [-0.2, 0) is 0 Å². The standard InChI is InChI=1S/C23H27ClN4O2/c1-16(2)22-19(14-26-28(22)18-8-5-7-17(24)13-18)23(29)25-15-20(21-9-6-12-30-21)27-10-3-4-11-27/h5-9,12-14,16,20H,3-4,10-11,15H2,1-2H3,(H,25,29). The Bertz CT molecular complexity index is 991. The van der Waals surface area contributed by atoms with Crippen LogP contribution in [0.4, 0.5) is 0 Å². The van der Waals surface area contributed by atoms with Gasteiger partial charge in [0.25, 0.3) is 5.91 Å². The number of amides is 1. The average Bonchev–Trinajstić information content (AvgIpc) is 3.49. The van der Waals surface area contributed by atoms with E-state index >= 15 is 0 Å². The van der Waals surface area contributed by atoms with Crippen molar-refractivity contribution in [3.63, 3.8) is 0 Å². The van der Waals surface area contributed by atoms with Crippen LogP contribution in [0.1, 0.15) is 60.5 Å². The first-order valence-electron chi connectivity index (χ1n) is 10.4. The molecule has 1 aromatic carbocycles. The van der Waals surface area contributed by atoms with Gasteiger partial charge in [-0.1, -0.05) is 31.5 Å². The van der Waals surface area contributed by atoms with E-state index in [1.54, 1.807) is 17.1 Å².